The molecule has 2 aromatic rings. The average Bonchev–Trinajstić information content (AvgIpc) is 2.58. The van der Waals surface area contributed by atoms with Crippen LogP contribution < -0.4 is 5.32 Å². The number of pyridine rings is 1. The van der Waals surface area contributed by atoms with Gasteiger partial charge in [-0.25, -0.2) is 12.7 Å². The molecule has 2 atom stereocenters. The summed E-state index contributed by atoms with van der Waals surface area (Å²) in [5, 5.41) is 4.74. The normalized spacial score (nSPS) is 22.8. The summed E-state index contributed by atoms with van der Waals surface area (Å²) in [5.74, 6) is 0.342. The van der Waals surface area contributed by atoms with E-state index >= 15 is 0 Å². The number of piperidine rings is 1. The Kier molecular flexibility index (Phi) is 5.18. The SMILES string of the molecule is CC[C@@H]1CN(S(C)(=O)=O)CC[C@H]1NCc1ccc2ccccc2n1. The van der Waals surface area contributed by atoms with Crippen LogP contribution in [0, 0.1) is 5.92 Å². The van der Waals surface area contributed by atoms with Crippen molar-refractivity contribution in [1.82, 2.24) is 14.6 Å². The van der Waals surface area contributed by atoms with E-state index in [9.17, 15) is 8.42 Å². The molecule has 0 amide bonds. The van der Waals surface area contributed by atoms with Crippen molar-refractivity contribution < 1.29 is 8.42 Å². The first-order valence-electron chi connectivity index (χ1n) is 8.50. The van der Waals surface area contributed by atoms with Crippen molar-refractivity contribution in [2.24, 2.45) is 5.92 Å². The molecular formula is C18H25N3O2S. The third-order valence-corrected chi connectivity index (χ3v) is 6.16. The van der Waals surface area contributed by atoms with E-state index in [1.165, 1.54) is 6.26 Å². The molecule has 6 heteroatoms. The molecular weight excluding hydrogens is 322 g/mol. The van der Waals surface area contributed by atoms with Gasteiger partial charge in [0.25, 0.3) is 0 Å². The summed E-state index contributed by atoms with van der Waals surface area (Å²) in [6.07, 6.45) is 3.11. The molecule has 24 heavy (non-hydrogen) atoms. The predicted octanol–water partition coefficient (Wildman–Crippen LogP) is 2.38. The van der Waals surface area contributed by atoms with Crippen LogP contribution in [0.4, 0.5) is 0 Å². The predicted molar refractivity (Wildman–Crippen MR) is 97.2 cm³/mol. The smallest absolute Gasteiger partial charge is 0.211 e. The van der Waals surface area contributed by atoms with Crippen molar-refractivity contribution in [2.45, 2.75) is 32.4 Å². The summed E-state index contributed by atoms with van der Waals surface area (Å²) in [4.78, 5) is 4.70. The van der Waals surface area contributed by atoms with Crippen LogP contribution in [0.25, 0.3) is 10.9 Å². The van der Waals surface area contributed by atoms with Gasteiger partial charge >= 0.3 is 0 Å². The minimum absolute atomic E-state index is 0.335. The maximum absolute atomic E-state index is 11.8. The highest BCUT2D eigenvalue weighted by molar-refractivity contribution is 7.88. The number of hydrogen-bond donors (Lipinski definition) is 1. The Labute approximate surface area is 144 Å². The molecule has 1 fully saturated rings. The summed E-state index contributed by atoms with van der Waals surface area (Å²) in [5.41, 5.74) is 2.03. The van der Waals surface area contributed by atoms with Crippen molar-refractivity contribution in [3.8, 4) is 0 Å². The molecule has 3 rings (SSSR count). The lowest BCUT2D eigenvalue weighted by Crippen LogP contribution is -2.50. The summed E-state index contributed by atoms with van der Waals surface area (Å²) >= 11 is 0. The fourth-order valence-electron chi connectivity index (χ4n) is 3.42. The van der Waals surface area contributed by atoms with Crippen molar-refractivity contribution in [3.63, 3.8) is 0 Å². The number of para-hydroxylation sites is 1. The van der Waals surface area contributed by atoms with Gasteiger partial charge in [-0.05, 0) is 24.5 Å². The monoisotopic (exact) mass is 347 g/mol. The molecule has 1 aromatic carbocycles. The van der Waals surface area contributed by atoms with Gasteiger partial charge in [0, 0.05) is 31.1 Å². The molecule has 1 saturated heterocycles. The van der Waals surface area contributed by atoms with Crippen LogP contribution in [0.5, 0.6) is 0 Å². The molecule has 0 saturated carbocycles. The Morgan fingerprint density at radius 2 is 2.04 bits per heavy atom. The molecule has 0 bridgehead atoms. The van der Waals surface area contributed by atoms with Gasteiger partial charge in [-0.1, -0.05) is 37.6 Å². The number of nitrogens with zero attached hydrogens (tertiary/aromatic N) is 2. The lowest BCUT2D eigenvalue weighted by atomic mass is 9.91. The molecule has 1 aliphatic heterocycles. The fourth-order valence-corrected chi connectivity index (χ4v) is 4.32. The topological polar surface area (TPSA) is 62.3 Å². The largest absolute Gasteiger partial charge is 0.308 e. The quantitative estimate of drug-likeness (QED) is 0.902. The number of fused-ring (bicyclic) bond motifs is 1. The van der Waals surface area contributed by atoms with Gasteiger partial charge in [0.15, 0.2) is 0 Å². The third kappa shape index (κ3) is 3.94. The van der Waals surface area contributed by atoms with Gasteiger partial charge in [0.1, 0.15) is 0 Å². The second-order valence-corrected chi connectivity index (χ2v) is 8.54. The van der Waals surface area contributed by atoms with Gasteiger partial charge in [0.05, 0.1) is 17.5 Å². The second-order valence-electron chi connectivity index (χ2n) is 6.56. The zero-order chi connectivity index (χ0) is 17.2. The van der Waals surface area contributed by atoms with E-state index in [2.05, 4.69) is 30.4 Å². The second kappa shape index (κ2) is 7.17. The molecule has 0 unspecified atom stereocenters. The van der Waals surface area contributed by atoms with E-state index in [1.807, 2.05) is 18.2 Å². The van der Waals surface area contributed by atoms with Crippen LogP contribution in [0.3, 0.4) is 0 Å². The van der Waals surface area contributed by atoms with Crippen LogP contribution >= 0.6 is 0 Å². The van der Waals surface area contributed by atoms with Crippen molar-refractivity contribution in [1.29, 1.82) is 0 Å². The fraction of sp³-hybridized carbons (Fsp3) is 0.500. The van der Waals surface area contributed by atoms with E-state index in [0.29, 0.717) is 31.6 Å². The van der Waals surface area contributed by atoms with Crippen LogP contribution in [0.2, 0.25) is 0 Å². The summed E-state index contributed by atoms with van der Waals surface area (Å²) in [7, 11) is -3.09. The van der Waals surface area contributed by atoms with Crippen LogP contribution in [0.15, 0.2) is 36.4 Å². The Balaban J connectivity index is 1.64. The van der Waals surface area contributed by atoms with Gasteiger partial charge in [0.2, 0.25) is 10.0 Å². The van der Waals surface area contributed by atoms with Crippen LogP contribution in [-0.4, -0.2) is 43.1 Å². The van der Waals surface area contributed by atoms with E-state index in [-0.39, 0.29) is 0 Å². The first-order chi connectivity index (χ1) is 11.5. The first-order valence-corrected chi connectivity index (χ1v) is 10.4. The first kappa shape index (κ1) is 17.3. The average molecular weight is 347 g/mol. The molecule has 1 aliphatic rings. The molecule has 130 valence electrons. The lowest BCUT2D eigenvalue weighted by Gasteiger charge is -2.37. The Hall–Kier alpha value is -1.50. The number of aromatic nitrogens is 1. The summed E-state index contributed by atoms with van der Waals surface area (Å²) in [6, 6.07) is 12.6. The zero-order valence-corrected chi connectivity index (χ0v) is 15.1. The molecule has 0 spiro atoms. The minimum atomic E-state index is -3.09. The maximum Gasteiger partial charge on any atom is 0.211 e. The van der Waals surface area contributed by atoms with Crippen molar-refractivity contribution >= 4 is 20.9 Å². The van der Waals surface area contributed by atoms with E-state index in [4.69, 9.17) is 4.98 Å². The van der Waals surface area contributed by atoms with Gasteiger partial charge < -0.3 is 5.32 Å². The number of nitrogens with one attached hydrogen (secondary N) is 1. The van der Waals surface area contributed by atoms with E-state index in [1.54, 1.807) is 4.31 Å². The highest BCUT2D eigenvalue weighted by atomic mass is 32.2. The Bertz CT molecular complexity index is 807. The summed E-state index contributed by atoms with van der Waals surface area (Å²) < 4.78 is 25.1. The maximum atomic E-state index is 11.8. The number of sulfonamides is 1. The molecule has 1 aromatic heterocycles. The van der Waals surface area contributed by atoms with Gasteiger partial charge in [-0.3, -0.25) is 4.98 Å². The Morgan fingerprint density at radius 3 is 2.79 bits per heavy atom. The molecule has 0 aliphatic carbocycles. The highest BCUT2D eigenvalue weighted by Crippen LogP contribution is 2.22. The third-order valence-electron chi connectivity index (χ3n) is 4.89. The van der Waals surface area contributed by atoms with Gasteiger partial charge in [-0.15, -0.1) is 0 Å². The molecule has 2 heterocycles. The number of benzene rings is 1. The molecule has 1 N–H and O–H groups in total. The minimum Gasteiger partial charge on any atom is -0.308 e. The highest BCUT2D eigenvalue weighted by Gasteiger charge is 2.31. The summed E-state index contributed by atoms with van der Waals surface area (Å²) in [6.45, 7) is 4.04. The van der Waals surface area contributed by atoms with E-state index in [0.717, 1.165) is 29.4 Å². The number of hydrogen-bond acceptors (Lipinski definition) is 4. The zero-order valence-electron chi connectivity index (χ0n) is 14.3. The standard InChI is InChI=1S/C18H25N3O2S/c1-3-14-13-21(24(2,22)23)11-10-17(14)19-12-16-9-8-15-6-4-5-7-18(15)20-16/h4-9,14,17,19H,3,10-13H2,1-2H3/t14-,17-/m1/s1. The van der Waals surface area contributed by atoms with Crippen molar-refractivity contribution in [2.75, 3.05) is 19.3 Å². The Morgan fingerprint density at radius 1 is 1.25 bits per heavy atom. The molecule has 0 radical (unpaired) electrons. The van der Waals surface area contributed by atoms with E-state index < -0.39 is 10.0 Å². The number of rotatable bonds is 5. The molecule has 5 nitrogen and oxygen atoms in total. The lowest BCUT2D eigenvalue weighted by molar-refractivity contribution is 0.201. The van der Waals surface area contributed by atoms with Crippen molar-refractivity contribution in [3.05, 3.63) is 42.1 Å². The van der Waals surface area contributed by atoms with Gasteiger partial charge in [-0.2, -0.15) is 0 Å². The van der Waals surface area contributed by atoms with Crippen LogP contribution in [0.1, 0.15) is 25.5 Å². The van der Waals surface area contributed by atoms with Crippen LogP contribution in [-0.2, 0) is 16.6 Å².